The molecule has 16 nitrogen and oxygen atoms in total. The molecule has 1 amide bonds. The Morgan fingerprint density at radius 2 is 1.08 bits per heavy atom. The number of carboxylic acids is 1. The number of amides is 1. The predicted molar refractivity (Wildman–Crippen MR) is 174 cm³/mol. The van der Waals surface area contributed by atoms with Gasteiger partial charge in [-0.15, -0.1) is 0 Å². The summed E-state index contributed by atoms with van der Waals surface area (Å²) >= 11 is 0. The molecule has 0 saturated heterocycles. The van der Waals surface area contributed by atoms with Gasteiger partial charge in [0.1, 0.15) is 56.1 Å². The summed E-state index contributed by atoms with van der Waals surface area (Å²) in [4.78, 5) is 54.2. The third-order valence-corrected chi connectivity index (χ3v) is 7.81. The van der Waals surface area contributed by atoms with Gasteiger partial charge in [0.25, 0.3) is 5.91 Å². The summed E-state index contributed by atoms with van der Waals surface area (Å²) in [6.45, 7) is -0.522. The summed E-state index contributed by atoms with van der Waals surface area (Å²) in [5, 5.41) is 77.7. The molecular weight excluding hydrogens is 654 g/mol. The Hall–Kier alpha value is -7.49. The molecule has 7 rings (SSSR count). The number of aromatic nitrogens is 4. The van der Waals surface area contributed by atoms with Crippen molar-refractivity contribution in [3.8, 4) is 45.6 Å². The number of carbonyl (C=O) groups is 3. The Morgan fingerprint density at radius 3 is 1.60 bits per heavy atom. The number of fused-ring (bicyclic) bond motifs is 4. The zero-order valence-electron chi connectivity index (χ0n) is 25.1. The van der Waals surface area contributed by atoms with Crippen molar-refractivity contribution in [3.05, 3.63) is 83.4 Å². The lowest BCUT2D eigenvalue weighted by atomic mass is 9.98. The summed E-state index contributed by atoms with van der Waals surface area (Å²) in [6, 6.07) is 14.8. The molecule has 0 fully saturated rings. The van der Waals surface area contributed by atoms with Gasteiger partial charge in [0, 0.05) is 17.7 Å². The van der Waals surface area contributed by atoms with Crippen molar-refractivity contribution in [2.24, 2.45) is 0 Å². The van der Waals surface area contributed by atoms with E-state index in [4.69, 9.17) is 4.74 Å². The largest absolute Gasteiger partial charge is 0.507 e. The van der Waals surface area contributed by atoms with Crippen LogP contribution in [0.25, 0.3) is 55.3 Å². The number of hydrogen-bond donors (Lipinski definition) is 8. The van der Waals surface area contributed by atoms with Gasteiger partial charge in [0.05, 0.1) is 33.3 Å². The first-order chi connectivity index (χ1) is 23.9. The first-order valence-electron chi connectivity index (χ1n) is 14.4. The molecule has 0 unspecified atom stereocenters. The number of nitrogens with zero attached hydrogens (tertiary/aromatic N) is 4. The zero-order chi connectivity index (χ0) is 35.4. The molecule has 2 heterocycles. The zero-order valence-corrected chi connectivity index (χ0v) is 25.1. The molecule has 7 aromatic rings. The average molecular weight is 676 g/mol. The number of aromatic carboxylic acids is 1. The third kappa shape index (κ3) is 5.00. The second kappa shape index (κ2) is 11.6. The fourth-order valence-corrected chi connectivity index (χ4v) is 5.47. The Balaban J connectivity index is 1.34. The number of phenolic OH excluding ortho intramolecular Hbond substituents is 6. The molecule has 50 heavy (non-hydrogen) atoms. The van der Waals surface area contributed by atoms with E-state index in [1.165, 1.54) is 6.07 Å². The Bertz CT molecular complexity index is 2610. The quantitative estimate of drug-likeness (QED) is 0.0703. The summed E-state index contributed by atoms with van der Waals surface area (Å²) < 4.78 is 5.20. The lowest BCUT2D eigenvalue weighted by Crippen LogP contribution is -2.27. The van der Waals surface area contributed by atoms with Crippen LogP contribution < -0.4 is 5.32 Å². The van der Waals surface area contributed by atoms with Crippen LogP contribution in [0.5, 0.6) is 34.5 Å². The van der Waals surface area contributed by atoms with Gasteiger partial charge in [0.2, 0.25) is 0 Å². The van der Waals surface area contributed by atoms with E-state index in [1.807, 2.05) is 0 Å². The molecule has 0 saturated carbocycles. The second-order valence-electron chi connectivity index (χ2n) is 10.8. The van der Waals surface area contributed by atoms with E-state index in [1.54, 1.807) is 30.3 Å². The standard InChI is InChI=1S/C34H21N5O11/c40-18-8-6-14(33(47)48)24-28(18)36-16-10-20(42)22(30(44)26(16)38-24)23-21(43)11-17-27(31(23)45)39-25-15(7-9-19(41)29(25)37-17)34(49)50-12-35-32(46)13-4-2-1-3-5-13/h1-11,40-45H,12H2,(H,35,46)(H,47,48). The summed E-state index contributed by atoms with van der Waals surface area (Å²) in [5.74, 6) is -6.77. The maximum atomic E-state index is 13.1. The number of phenols is 6. The highest BCUT2D eigenvalue weighted by molar-refractivity contribution is 6.09. The molecule has 248 valence electrons. The molecule has 0 atom stereocenters. The van der Waals surface area contributed by atoms with Crippen LogP contribution >= 0.6 is 0 Å². The monoisotopic (exact) mass is 675 g/mol. The topological polar surface area (TPSA) is 266 Å². The highest BCUT2D eigenvalue weighted by Gasteiger charge is 2.27. The lowest BCUT2D eigenvalue weighted by molar-refractivity contribution is 0.0465. The van der Waals surface area contributed by atoms with Crippen molar-refractivity contribution in [1.29, 1.82) is 0 Å². The molecule has 16 heteroatoms. The lowest BCUT2D eigenvalue weighted by Gasteiger charge is -2.15. The van der Waals surface area contributed by atoms with Crippen LogP contribution in [0.3, 0.4) is 0 Å². The number of ether oxygens (including phenoxy) is 1. The smallest absolute Gasteiger partial charge is 0.342 e. The van der Waals surface area contributed by atoms with Crippen molar-refractivity contribution in [2.75, 3.05) is 6.73 Å². The maximum Gasteiger partial charge on any atom is 0.342 e. The summed E-state index contributed by atoms with van der Waals surface area (Å²) in [7, 11) is 0. The van der Waals surface area contributed by atoms with Gasteiger partial charge in [-0.1, -0.05) is 18.2 Å². The number of hydrogen-bond acceptors (Lipinski definition) is 14. The molecular formula is C34H21N5O11. The number of rotatable bonds is 6. The van der Waals surface area contributed by atoms with Gasteiger partial charge in [0.15, 0.2) is 18.2 Å². The van der Waals surface area contributed by atoms with Crippen LogP contribution in [0.2, 0.25) is 0 Å². The number of carbonyl (C=O) groups excluding carboxylic acids is 2. The normalized spacial score (nSPS) is 11.3. The Kier molecular flexibility index (Phi) is 7.24. The minimum atomic E-state index is -1.40. The molecule has 2 aromatic heterocycles. The van der Waals surface area contributed by atoms with Gasteiger partial charge in [-0.25, -0.2) is 29.5 Å². The number of carboxylic acid groups (broad SMARTS) is 1. The second-order valence-corrected chi connectivity index (χ2v) is 10.8. The number of benzene rings is 5. The molecule has 8 N–H and O–H groups in total. The van der Waals surface area contributed by atoms with Gasteiger partial charge >= 0.3 is 11.9 Å². The molecule has 0 aliphatic heterocycles. The average Bonchev–Trinajstić information content (AvgIpc) is 3.09. The molecule has 0 spiro atoms. The predicted octanol–water partition coefficient (Wildman–Crippen LogP) is 4.02. The van der Waals surface area contributed by atoms with Crippen LogP contribution in [0, 0.1) is 0 Å². The molecule has 0 aliphatic rings. The fourth-order valence-electron chi connectivity index (χ4n) is 5.47. The van der Waals surface area contributed by atoms with E-state index in [0.29, 0.717) is 5.56 Å². The SMILES string of the molecule is O=C(NCOC(=O)c1ccc(O)c2nc3cc(O)c(-c4c(O)cc5nc6c(O)ccc(C(=O)O)c6nc5c4O)c(O)c3nc12)c1ccccc1. The molecule has 0 bridgehead atoms. The van der Waals surface area contributed by atoms with Gasteiger partial charge in [-0.3, -0.25) is 4.79 Å². The Morgan fingerprint density at radius 1 is 0.580 bits per heavy atom. The van der Waals surface area contributed by atoms with Crippen LogP contribution in [-0.2, 0) is 4.74 Å². The van der Waals surface area contributed by atoms with E-state index in [-0.39, 0.29) is 55.3 Å². The van der Waals surface area contributed by atoms with Crippen LogP contribution in [0.1, 0.15) is 31.1 Å². The van der Waals surface area contributed by atoms with E-state index < -0.39 is 70.2 Å². The first kappa shape index (κ1) is 31.1. The van der Waals surface area contributed by atoms with E-state index in [2.05, 4.69) is 25.3 Å². The third-order valence-electron chi connectivity index (χ3n) is 7.81. The van der Waals surface area contributed by atoms with Crippen molar-refractivity contribution in [1.82, 2.24) is 25.3 Å². The van der Waals surface area contributed by atoms with Crippen LogP contribution in [0.4, 0.5) is 0 Å². The van der Waals surface area contributed by atoms with E-state index in [9.17, 15) is 50.1 Å². The van der Waals surface area contributed by atoms with Gasteiger partial charge in [-0.2, -0.15) is 0 Å². The fraction of sp³-hybridized carbons (Fsp3) is 0.0294. The summed E-state index contributed by atoms with van der Waals surface area (Å²) in [6.07, 6.45) is 0. The van der Waals surface area contributed by atoms with Crippen molar-refractivity contribution < 1.29 is 54.9 Å². The van der Waals surface area contributed by atoms with Crippen LogP contribution in [-0.4, -0.2) is 80.3 Å². The maximum absolute atomic E-state index is 13.1. The van der Waals surface area contributed by atoms with Crippen LogP contribution in [0.15, 0.2) is 66.7 Å². The van der Waals surface area contributed by atoms with Gasteiger partial charge < -0.3 is 45.8 Å². The highest BCUT2D eigenvalue weighted by atomic mass is 16.5. The number of nitrogens with one attached hydrogen (secondary N) is 1. The number of aromatic hydroxyl groups is 6. The van der Waals surface area contributed by atoms with Crippen molar-refractivity contribution >= 4 is 62.0 Å². The van der Waals surface area contributed by atoms with Crippen molar-refractivity contribution in [2.45, 2.75) is 0 Å². The molecule has 5 aromatic carbocycles. The van der Waals surface area contributed by atoms with Gasteiger partial charge in [-0.05, 0) is 36.4 Å². The number of esters is 1. The van der Waals surface area contributed by atoms with E-state index >= 15 is 0 Å². The highest BCUT2D eigenvalue weighted by Crippen LogP contribution is 2.51. The Labute approximate surface area is 277 Å². The minimum Gasteiger partial charge on any atom is -0.507 e. The summed E-state index contributed by atoms with van der Waals surface area (Å²) in [5.41, 5.74) is -3.33. The minimum absolute atomic E-state index is 0.167. The molecule has 0 aliphatic carbocycles. The first-order valence-corrected chi connectivity index (χ1v) is 14.4. The molecule has 0 radical (unpaired) electrons. The van der Waals surface area contributed by atoms with E-state index in [0.717, 1.165) is 30.3 Å². The van der Waals surface area contributed by atoms with Crippen molar-refractivity contribution in [3.63, 3.8) is 0 Å².